The van der Waals surface area contributed by atoms with E-state index in [9.17, 15) is 4.79 Å². The zero-order chi connectivity index (χ0) is 17.5. The average molecular weight is 323 g/mol. The maximum atomic E-state index is 12.4. The Labute approximate surface area is 144 Å². The second-order valence-corrected chi connectivity index (χ2v) is 5.73. The van der Waals surface area contributed by atoms with Crippen LogP contribution in [0.1, 0.15) is 36.1 Å². The molecule has 0 heterocycles. The van der Waals surface area contributed by atoms with E-state index in [-0.39, 0.29) is 5.91 Å². The first kappa shape index (κ1) is 17.8. The molecule has 0 saturated heterocycles. The van der Waals surface area contributed by atoms with Crippen molar-refractivity contribution in [2.75, 3.05) is 12.4 Å². The van der Waals surface area contributed by atoms with Gasteiger partial charge in [-0.3, -0.25) is 4.79 Å². The van der Waals surface area contributed by atoms with E-state index in [1.165, 1.54) is 0 Å². The van der Waals surface area contributed by atoms with E-state index in [1.54, 1.807) is 19.3 Å². The normalized spacial score (nSPS) is 10.8. The summed E-state index contributed by atoms with van der Waals surface area (Å²) in [6.45, 7) is 6.21. The predicted octanol–water partition coefficient (Wildman–Crippen LogP) is 4.78. The molecule has 2 aromatic carbocycles. The van der Waals surface area contributed by atoms with Gasteiger partial charge in [0, 0.05) is 17.3 Å². The van der Waals surface area contributed by atoms with Gasteiger partial charge in [0.25, 0.3) is 0 Å². The number of aryl methyl sites for hydroxylation is 3. The molecule has 2 aromatic rings. The Hall–Kier alpha value is -2.55. The third-order valence-corrected chi connectivity index (χ3v) is 4.05. The van der Waals surface area contributed by atoms with Crippen molar-refractivity contribution in [2.45, 2.75) is 33.6 Å². The van der Waals surface area contributed by atoms with Crippen LogP contribution in [0.4, 0.5) is 5.69 Å². The number of methoxy groups -OCH3 is 1. The van der Waals surface area contributed by atoms with Crippen LogP contribution in [0.5, 0.6) is 5.75 Å². The number of anilines is 1. The summed E-state index contributed by atoms with van der Waals surface area (Å²) in [5, 5.41) is 3.04. The molecule has 0 bridgehead atoms. The lowest BCUT2D eigenvalue weighted by atomic mass is 10.0. The minimum atomic E-state index is -0.130. The number of hydrogen-bond donors (Lipinski definition) is 1. The smallest absolute Gasteiger partial charge is 0.248 e. The number of amides is 1. The third-order valence-electron chi connectivity index (χ3n) is 4.05. The zero-order valence-electron chi connectivity index (χ0n) is 14.8. The first-order valence-electron chi connectivity index (χ1n) is 8.33. The highest BCUT2D eigenvalue weighted by Crippen LogP contribution is 2.23. The Morgan fingerprint density at radius 1 is 1.12 bits per heavy atom. The molecule has 0 aliphatic heterocycles. The number of carbonyl (C=O) groups excluding carboxylic acids is 1. The quantitative estimate of drug-likeness (QED) is 0.777. The van der Waals surface area contributed by atoms with E-state index in [4.69, 9.17) is 4.74 Å². The van der Waals surface area contributed by atoms with E-state index in [0.29, 0.717) is 0 Å². The molecule has 0 unspecified atom stereocenters. The zero-order valence-corrected chi connectivity index (χ0v) is 14.8. The Balaban J connectivity index is 2.21. The van der Waals surface area contributed by atoms with Crippen molar-refractivity contribution in [3.8, 4) is 5.75 Å². The number of hydrogen-bond acceptors (Lipinski definition) is 2. The fraction of sp³-hybridized carbons (Fsp3) is 0.286. The van der Waals surface area contributed by atoms with Gasteiger partial charge in [-0.2, -0.15) is 0 Å². The maximum Gasteiger partial charge on any atom is 0.248 e. The van der Waals surface area contributed by atoms with Crippen LogP contribution in [0.3, 0.4) is 0 Å². The highest BCUT2D eigenvalue weighted by Gasteiger charge is 2.08. The van der Waals surface area contributed by atoms with Gasteiger partial charge in [0.05, 0.1) is 7.11 Å². The van der Waals surface area contributed by atoms with Crippen molar-refractivity contribution in [3.63, 3.8) is 0 Å². The van der Waals surface area contributed by atoms with Gasteiger partial charge in [0.2, 0.25) is 5.91 Å². The fourth-order valence-electron chi connectivity index (χ4n) is 2.72. The molecule has 0 spiro atoms. The number of ether oxygens (including phenoxy) is 1. The summed E-state index contributed by atoms with van der Waals surface area (Å²) >= 11 is 0. The molecule has 3 nitrogen and oxygen atoms in total. The number of benzene rings is 2. The molecule has 0 saturated carbocycles. The molecule has 1 amide bonds. The largest absolute Gasteiger partial charge is 0.496 e. The van der Waals surface area contributed by atoms with E-state index < -0.39 is 0 Å². The summed E-state index contributed by atoms with van der Waals surface area (Å²) in [7, 11) is 1.63. The highest BCUT2D eigenvalue weighted by atomic mass is 16.5. The van der Waals surface area contributed by atoms with Gasteiger partial charge < -0.3 is 10.1 Å². The Morgan fingerprint density at radius 2 is 1.79 bits per heavy atom. The Bertz CT molecular complexity index is 725. The van der Waals surface area contributed by atoms with Gasteiger partial charge in [-0.15, -0.1) is 0 Å². The molecule has 24 heavy (non-hydrogen) atoms. The number of rotatable bonds is 6. The molecule has 0 aliphatic rings. The summed E-state index contributed by atoms with van der Waals surface area (Å²) in [6, 6.07) is 12.1. The van der Waals surface area contributed by atoms with Crippen LogP contribution < -0.4 is 10.1 Å². The molecule has 0 aliphatic carbocycles. The third kappa shape index (κ3) is 4.25. The van der Waals surface area contributed by atoms with Gasteiger partial charge in [-0.25, -0.2) is 0 Å². The van der Waals surface area contributed by atoms with Crippen LogP contribution in [0.15, 0.2) is 42.5 Å². The van der Waals surface area contributed by atoms with Gasteiger partial charge in [-0.05, 0) is 49.1 Å². The molecule has 3 heteroatoms. The second kappa shape index (κ2) is 8.34. The van der Waals surface area contributed by atoms with E-state index in [1.807, 2.05) is 31.2 Å². The topological polar surface area (TPSA) is 38.3 Å². The van der Waals surface area contributed by atoms with Crippen LogP contribution in [0, 0.1) is 6.92 Å². The van der Waals surface area contributed by atoms with Gasteiger partial charge in [0.1, 0.15) is 5.75 Å². The lowest BCUT2D eigenvalue weighted by Crippen LogP contribution is -2.11. The maximum absolute atomic E-state index is 12.4. The van der Waals surface area contributed by atoms with Crippen molar-refractivity contribution < 1.29 is 9.53 Å². The SMILES string of the molecule is CCc1cccc(CC)c1NC(=O)/C=C/c1cc(C)ccc1OC. The monoisotopic (exact) mass is 323 g/mol. The molecule has 0 atom stereocenters. The van der Waals surface area contributed by atoms with E-state index in [0.717, 1.165) is 46.5 Å². The first-order valence-corrected chi connectivity index (χ1v) is 8.33. The molecule has 126 valence electrons. The van der Waals surface area contributed by atoms with E-state index in [2.05, 4.69) is 31.3 Å². The van der Waals surface area contributed by atoms with Crippen molar-refractivity contribution in [1.29, 1.82) is 0 Å². The number of para-hydroxylation sites is 1. The van der Waals surface area contributed by atoms with Crippen LogP contribution in [-0.4, -0.2) is 13.0 Å². The molecular formula is C21H25NO2. The highest BCUT2D eigenvalue weighted by molar-refractivity contribution is 6.03. The summed E-state index contributed by atoms with van der Waals surface area (Å²) < 4.78 is 5.34. The summed E-state index contributed by atoms with van der Waals surface area (Å²) in [5.41, 5.74) is 5.27. The Kier molecular flexibility index (Phi) is 6.19. The summed E-state index contributed by atoms with van der Waals surface area (Å²) in [4.78, 5) is 12.4. The van der Waals surface area contributed by atoms with Gasteiger partial charge in [-0.1, -0.05) is 43.7 Å². The van der Waals surface area contributed by atoms with Crippen molar-refractivity contribution in [1.82, 2.24) is 0 Å². The van der Waals surface area contributed by atoms with Gasteiger partial charge in [0.15, 0.2) is 0 Å². The molecule has 1 N–H and O–H groups in total. The first-order chi connectivity index (χ1) is 11.6. The standard InChI is InChI=1S/C21H25NO2/c1-5-16-8-7-9-17(6-2)21(16)22-20(23)13-11-18-14-15(3)10-12-19(18)24-4/h7-14H,5-6H2,1-4H3,(H,22,23)/b13-11+. The second-order valence-electron chi connectivity index (χ2n) is 5.73. The fourth-order valence-corrected chi connectivity index (χ4v) is 2.72. The number of nitrogens with one attached hydrogen (secondary N) is 1. The number of carbonyl (C=O) groups is 1. The van der Waals surface area contributed by atoms with Crippen LogP contribution in [-0.2, 0) is 17.6 Å². The molecule has 0 fully saturated rings. The summed E-state index contributed by atoms with van der Waals surface area (Å²) in [5.74, 6) is 0.627. The van der Waals surface area contributed by atoms with E-state index >= 15 is 0 Å². The summed E-state index contributed by atoms with van der Waals surface area (Å²) in [6.07, 6.45) is 5.13. The lowest BCUT2D eigenvalue weighted by molar-refractivity contribution is -0.111. The van der Waals surface area contributed by atoms with Gasteiger partial charge >= 0.3 is 0 Å². The van der Waals surface area contributed by atoms with Crippen molar-refractivity contribution >= 4 is 17.7 Å². The molecule has 2 rings (SSSR count). The van der Waals surface area contributed by atoms with Crippen molar-refractivity contribution in [3.05, 3.63) is 64.7 Å². The van der Waals surface area contributed by atoms with Crippen LogP contribution in [0.25, 0.3) is 6.08 Å². The van der Waals surface area contributed by atoms with Crippen LogP contribution in [0.2, 0.25) is 0 Å². The average Bonchev–Trinajstić information content (AvgIpc) is 2.60. The van der Waals surface area contributed by atoms with Crippen LogP contribution >= 0.6 is 0 Å². The molecule has 0 radical (unpaired) electrons. The van der Waals surface area contributed by atoms with Crippen molar-refractivity contribution in [2.24, 2.45) is 0 Å². The Morgan fingerprint density at radius 3 is 2.38 bits per heavy atom. The molecular weight excluding hydrogens is 298 g/mol. The minimum absolute atomic E-state index is 0.130. The minimum Gasteiger partial charge on any atom is -0.496 e. The molecule has 0 aromatic heterocycles. The predicted molar refractivity (Wildman–Crippen MR) is 101 cm³/mol. The lowest BCUT2D eigenvalue weighted by Gasteiger charge is -2.13.